The molecule has 0 unspecified atom stereocenters. The number of carboxylic acids is 1. The van der Waals surface area contributed by atoms with Crippen molar-refractivity contribution in [1.82, 2.24) is 5.32 Å². The molecule has 2 aromatic rings. The van der Waals surface area contributed by atoms with Crippen molar-refractivity contribution in [3.05, 3.63) is 64.7 Å². The van der Waals surface area contributed by atoms with Crippen LogP contribution in [0.2, 0.25) is 0 Å². The van der Waals surface area contributed by atoms with Crippen molar-refractivity contribution >= 4 is 21.7 Å². The summed E-state index contributed by atoms with van der Waals surface area (Å²) in [5, 5.41) is 11.8. The van der Waals surface area contributed by atoms with Crippen molar-refractivity contribution in [3.63, 3.8) is 0 Å². The molecule has 0 aromatic heterocycles. The van der Waals surface area contributed by atoms with Gasteiger partial charge in [0.25, 0.3) is 5.91 Å². The van der Waals surface area contributed by atoms with Gasteiger partial charge in [-0.25, -0.2) is 13.2 Å². The highest BCUT2D eigenvalue weighted by molar-refractivity contribution is 7.90. The number of aryl methyl sites for hydroxylation is 1. The largest absolute Gasteiger partial charge is 0.478 e. The fourth-order valence-corrected chi connectivity index (χ4v) is 3.23. The van der Waals surface area contributed by atoms with E-state index in [2.05, 4.69) is 5.32 Å². The number of rotatable bonds is 7. The molecule has 0 bridgehead atoms. The number of carbonyl (C=O) groups excluding carboxylic acids is 1. The number of sulfone groups is 1. The van der Waals surface area contributed by atoms with Crippen LogP contribution in [0.15, 0.2) is 47.4 Å². The lowest BCUT2D eigenvalue weighted by Crippen LogP contribution is -2.27. The highest BCUT2D eigenvalue weighted by Crippen LogP contribution is 2.17. The van der Waals surface area contributed by atoms with Crippen molar-refractivity contribution in [1.29, 1.82) is 0 Å². The van der Waals surface area contributed by atoms with Crippen LogP contribution in [0, 0.1) is 0 Å². The predicted molar refractivity (Wildman–Crippen MR) is 98.4 cm³/mol. The molecule has 1 amide bonds. The average molecular weight is 375 g/mol. The second-order valence-electron chi connectivity index (χ2n) is 5.96. The zero-order valence-corrected chi connectivity index (χ0v) is 15.5. The summed E-state index contributed by atoms with van der Waals surface area (Å²) in [6.45, 7) is 2.21. The molecule has 0 spiro atoms. The van der Waals surface area contributed by atoms with Gasteiger partial charge in [-0.3, -0.25) is 4.79 Å². The Labute approximate surface area is 152 Å². The van der Waals surface area contributed by atoms with Gasteiger partial charge >= 0.3 is 5.97 Å². The summed E-state index contributed by atoms with van der Waals surface area (Å²) >= 11 is 0. The molecule has 2 rings (SSSR count). The molecule has 2 N–H and O–H groups in total. The Kier molecular flexibility index (Phi) is 6.15. The number of benzene rings is 2. The Morgan fingerprint density at radius 2 is 1.85 bits per heavy atom. The zero-order chi connectivity index (χ0) is 19.3. The standard InChI is InChI=1S/C19H21NO5S/c1-3-14-7-8-16(26(2,24)25)12-17(14)18(21)20-10-9-13-5-4-6-15(11-13)19(22)23/h4-8,11-12H,3,9-10H2,1-2H3,(H,20,21)(H,22,23). The number of nitrogens with one attached hydrogen (secondary N) is 1. The van der Waals surface area contributed by atoms with E-state index in [1.54, 1.807) is 24.3 Å². The molecular formula is C19H21NO5S. The van der Waals surface area contributed by atoms with E-state index in [1.165, 1.54) is 18.2 Å². The van der Waals surface area contributed by atoms with Gasteiger partial charge in [0, 0.05) is 18.4 Å². The molecule has 0 heterocycles. The van der Waals surface area contributed by atoms with Crippen LogP contribution in [-0.2, 0) is 22.7 Å². The van der Waals surface area contributed by atoms with Crippen molar-refractivity contribution in [2.75, 3.05) is 12.8 Å². The average Bonchev–Trinajstić information content (AvgIpc) is 2.60. The summed E-state index contributed by atoms with van der Waals surface area (Å²) in [5.41, 5.74) is 2.10. The van der Waals surface area contributed by atoms with Gasteiger partial charge in [-0.2, -0.15) is 0 Å². The normalized spacial score (nSPS) is 11.2. The molecule has 7 heteroatoms. The highest BCUT2D eigenvalue weighted by Gasteiger charge is 2.15. The van der Waals surface area contributed by atoms with E-state index >= 15 is 0 Å². The number of hydrogen-bond acceptors (Lipinski definition) is 4. The molecule has 6 nitrogen and oxygen atoms in total. The summed E-state index contributed by atoms with van der Waals surface area (Å²) in [6, 6.07) is 11.1. The van der Waals surface area contributed by atoms with E-state index in [-0.39, 0.29) is 16.4 Å². The molecule has 26 heavy (non-hydrogen) atoms. The first-order chi connectivity index (χ1) is 12.2. The van der Waals surface area contributed by atoms with Crippen molar-refractivity contribution in [2.24, 2.45) is 0 Å². The van der Waals surface area contributed by atoms with E-state index in [9.17, 15) is 18.0 Å². The summed E-state index contributed by atoms with van der Waals surface area (Å²) in [5.74, 6) is -1.34. The Morgan fingerprint density at radius 3 is 2.46 bits per heavy atom. The lowest BCUT2D eigenvalue weighted by atomic mass is 10.0. The smallest absolute Gasteiger partial charge is 0.335 e. The van der Waals surface area contributed by atoms with Crippen LogP contribution in [0.1, 0.15) is 38.8 Å². The van der Waals surface area contributed by atoms with Crippen molar-refractivity contribution in [3.8, 4) is 0 Å². The molecule has 0 radical (unpaired) electrons. The van der Waals surface area contributed by atoms with Crippen molar-refractivity contribution < 1.29 is 23.1 Å². The molecule has 0 aliphatic rings. The minimum atomic E-state index is -3.40. The van der Waals surface area contributed by atoms with Crippen LogP contribution >= 0.6 is 0 Å². The van der Waals surface area contributed by atoms with Gasteiger partial charge in [0.15, 0.2) is 9.84 Å². The molecule has 0 atom stereocenters. The molecule has 0 aliphatic carbocycles. The first kappa shape index (κ1) is 19.7. The SMILES string of the molecule is CCc1ccc(S(C)(=O)=O)cc1C(=O)NCCc1cccc(C(=O)O)c1. The van der Waals surface area contributed by atoms with Gasteiger partial charge in [0.05, 0.1) is 10.5 Å². The van der Waals surface area contributed by atoms with E-state index in [1.807, 2.05) is 6.92 Å². The molecule has 2 aromatic carbocycles. The summed E-state index contributed by atoms with van der Waals surface area (Å²) < 4.78 is 23.4. The van der Waals surface area contributed by atoms with Crippen LogP contribution < -0.4 is 5.32 Å². The lowest BCUT2D eigenvalue weighted by molar-refractivity contribution is 0.0696. The van der Waals surface area contributed by atoms with Gasteiger partial charge in [-0.05, 0) is 48.2 Å². The lowest BCUT2D eigenvalue weighted by Gasteiger charge is -2.11. The van der Waals surface area contributed by atoms with Crippen LogP contribution in [0.25, 0.3) is 0 Å². The number of amides is 1. The second-order valence-corrected chi connectivity index (χ2v) is 7.97. The van der Waals surface area contributed by atoms with Gasteiger partial charge in [-0.15, -0.1) is 0 Å². The summed E-state index contributed by atoms with van der Waals surface area (Å²) in [7, 11) is -3.40. The first-order valence-electron chi connectivity index (χ1n) is 8.15. The zero-order valence-electron chi connectivity index (χ0n) is 14.7. The fraction of sp³-hybridized carbons (Fsp3) is 0.263. The highest BCUT2D eigenvalue weighted by atomic mass is 32.2. The van der Waals surface area contributed by atoms with Gasteiger partial charge in [-0.1, -0.05) is 25.1 Å². The summed E-state index contributed by atoms with van der Waals surface area (Å²) in [6.07, 6.45) is 2.18. The number of carboxylic acid groups (broad SMARTS) is 1. The molecule has 0 fully saturated rings. The Hall–Kier alpha value is -2.67. The predicted octanol–water partition coefficient (Wildman–Crippen LogP) is 2.32. The van der Waals surface area contributed by atoms with Crippen LogP contribution in [0.3, 0.4) is 0 Å². The number of carbonyl (C=O) groups is 2. The number of aromatic carboxylic acids is 1. The Balaban J connectivity index is 2.10. The monoisotopic (exact) mass is 375 g/mol. The minimum absolute atomic E-state index is 0.106. The Bertz CT molecular complexity index is 935. The van der Waals surface area contributed by atoms with Gasteiger partial charge in [0.2, 0.25) is 0 Å². The van der Waals surface area contributed by atoms with E-state index in [0.717, 1.165) is 17.4 Å². The summed E-state index contributed by atoms with van der Waals surface area (Å²) in [4.78, 5) is 23.6. The van der Waals surface area contributed by atoms with Crippen LogP contribution in [-0.4, -0.2) is 38.2 Å². The maximum atomic E-state index is 12.5. The third kappa shape index (κ3) is 4.92. The Morgan fingerprint density at radius 1 is 1.12 bits per heavy atom. The maximum Gasteiger partial charge on any atom is 0.335 e. The van der Waals surface area contributed by atoms with Gasteiger partial charge in [0.1, 0.15) is 0 Å². The van der Waals surface area contributed by atoms with Crippen LogP contribution in [0.5, 0.6) is 0 Å². The van der Waals surface area contributed by atoms with Gasteiger partial charge < -0.3 is 10.4 Å². The fourth-order valence-electron chi connectivity index (χ4n) is 2.58. The topological polar surface area (TPSA) is 101 Å². The second kappa shape index (κ2) is 8.14. The molecule has 0 saturated heterocycles. The molecule has 0 aliphatic heterocycles. The third-order valence-electron chi connectivity index (χ3n) is 4.01. The maximum absolute atomic E-state index is 12.5. The van der Waals surface area contributed by atoms with E-state index < -0.39 is 15.8 Å². The number of hydrogen-bond donors (Lipinski definition) is 2. The molecule has 0 saturated carbocycles. The van der Waals surface area contributed by atoms with E-state index in [4.69, 9.17) is 5.11 Å². The molecule has 138 valence electrons. The minimum Gasteiger partial charge on any atom is -0.478 e. The molecular weight excluding hydrogens is 354 g/mol. The quantitative estimate of drug-likeness (QED) is 0.773. The van der Waals surface area contributed by atoms with Crippen LogP contribution in [0.4, 0.5) is 0 Å². The third-order valence-corrected chi connectivity index (χ3v) is 5.12. The first-order valence-corrected chi connectivity index (χ1v) is 10.0. The van der Waals surface area contributed by atoms with Crippen molar-refractivity contribution in [2.45, 2.75) is 24.7 Å². The van der Waals surface area contributed by atoms with E-state index in [0.29, 0.717) is 24.9 Å².